The van der Waals surface area contributed by atoms with Crippen LogP contribution < -0.4 is 5.32 Å². The molecule has 3 rings (SSSR count). The largest absolute Gasteiger partial charge is 0.306 e. The smallest absolute Gasteiger partial charge is 0.0540 e. The summed E-state index contributed by atoms with van der Waals surface area (Å²) in [5, 5.41) is 10.3. The number of fused-ring (bicyclic) bond motifs is 1. The molecule has 2 heterocycles. The summed E-state index contributed by atoms with van der Waals surface area (Å²) in [6.07, 6.45) is 5.79. The summed E-state index contributed by atoms with van der Waals surface area (Å²) in [7, 11) is 1.97. The number of aromatic nitrogens is 3. The Morgan fingerprint density at radius 2 is 2.00 bits per heavy atom. The van der Waals surface area contributed by atoms with E-state index in [0.717, 1.165) is 6.54 Å². The van der Waals surface area contributed by atoms with E-state index >= 15 is 0 Å². The second-order valence-electron chi connectivity index (χ2n) is 5.43. The van der Waals surface area contributed by atoms with Crippen LogP contribution in [0.5, 0.6) is 0 Å². The van der Waals surface area contributed by atoms with E-state index in [-0.39, 0.29) is 6.04 Å². The zero-order valence-electron chi connectivity index (χ0n) is 12.7. The van der Waals surface area contributed by atoms with Gasteiger partial charge in [0.1, 0.15) is 0 Å². The van der Waals surface area contributed by atoms with E-state index < -0.39 is 0 Å². The lowest BCUT2D eigenvalue weighted by molar-refractivity contribution is 0.571. The van der Waals surface area contributed by atoms with Crippen LogP contribution in [0.15, 0.2) is 42.9 Å². The monoisotopic (exact) mass is 280 g/mol. The highest BCUT2D eigenvalue weighted by atomic mass is 15.3. The summed E-state index contributed by atoms with van der Waals surface area (Å²) in [6.45, 7) is 5.06. The van der Waals surface area contributed by atoms with Crippen LogP contribution in [0, 0.1) is 6.92 Å². The number of pyridine rings is 1. The Hall–Kier alpha value is -2.20. The number of benzene rings is 1. The van der Waals surface area contributed by atoms with Crippen molar-refractivity contribution in [1.82, 2.24) is 20.1 Å². The summed E-state index contributed by atoms with van der Waals surface area (Å²) in [5.74, 6) is 0. The number of nitrogens with zero attached hydrogens (tertiary/aromatic N) is 3. The number of hydrogen-bond donors (Lipinski definition) is 1. The van der Waals surface area contributed by atoms with Crippen molar-refractivity contribution in [3.05, 3.63) is 59.7 Å². The van der Waals surface area contributed by atoms with Crippen LogP contribution in [-0.2, 0) is 13.6 Å². The maximum Gasteiger partial charge on any atom is 0.0540 e. The first-order valence-corrected chi connectivity index (χ1v) is 7.20. The normalized spacial score (nSPS) is 12.7. The van der Waals surface area contributed by atoms with Gasteiger partial charge in [0.25, 0.3) is 0 Å². The Kier molecular flexibility index (Phi) is 3.71. The number of hydrogen-bond acceptors (Lipinski definition) is 3. The van der Waals surface area contributed by atoms with Crippen molar-refractivity contribution in [2.24, 2.45) is 7.05 Å². The fourth-order valence-electron chi connectivity index (χ4n) is 2.63. The Balaban J connectivity index is 1.79. The molecule has 108 valence electrons. The second kappa shape index (κ2) is 5.66. The molecule has 0 radical (unpaired) electrons. The van der Waals surface area contributed by atoms with Crippen LogP contribution in [0.3, 0.4) is 0 Å². The molecule has 0 aliphatic carbocycles. The second-order valence-corrected chi connectivity index (χ2v) is 5.43. The topological polar surface area (TPSA) is 42.7 Å². The summed E-state index contributed by atoms with van der Waals surface area (Å²) in [6, 6.07) is 8.62. The van der Waals surface area contributed by atoms with E-state index in [1.54, 1.807) is 0 Å². The van der Waals surface area contributed by atoms with Gasteiger partial charge in [0.2, 0.25) is 0 Å². The van der Waals surface area contributed by atoms with E-state index in [1.807, 2.05) is 36.4 Å². The molecule has 0 saturated heterocycles. The van der Waals surface area contributed by atoms with Crippen molar-refractivity contribution in [1.29, 1.82) is 0 Å². The van der Waals surface area contributed by atoms with Crippen molar-refractivity contribution < 1.29 is 0 Å². The summed E-state index contributed by atoms with van der Waals surface area (Å²) < 4.78 is 1.91. The van der Waals surface area contributed by atoms with Crippen LogP contribution in [0.25, 0.3) is 10.8 Å². The van der Waals surface area contributed by atoms with Crippen LogP contribution in [0.2, 0.25) is 0 Å². The van der Waals surface area contributed by atoms with Gasteiger partial charge in [-0.1, -0.05) is 24.3 Å². The first-order valence-electron chi connectivity index (χ1n) is 7.20. The van der Waals surface area contributed by atoms with Crippen molar-refractivity contribution >= 4 is 10.8 Å². The van der Waals surface area contributed by atoms with Crippen LogP contribution in [0.1, 0.15) is 29.8 Å². The maximum atomic E-state index is 4.33. The average Bonchev–Trinajstić information content (AvgIpc) is 2.84. The predicted molar refractivity (Wildman–Crippen MR) is 84.9 cm³/mol. The SMILES string of the molecule is Cc1c(C(C)NCc2cncc3ccccc23)cnn1C. The third-order valence-electron chi connectivity index (χ3n) is 4.09. The Morgan fingerprint density at radius 3 is 2.76 bits per heavy atom. The minimum Gasteiger partial charge on any atom is -0.306 e. The van der Waals surface area contributed by atoms with E-state index in [2.05, 4.69) is 47.4 Å². The minimum absolute atomic E-state index is 0.262. The zero-order valence-corrected chi connectivity index (χ0v) is 12.7. The molecule has 0 spiro atoms. The lowest BCUT2D eigenvalue weighted by Crippen LogP contribution is -2.19. The molecule has 2 aromatic heterocycles. The van der Waals surface area contributed by atoms with Gasteiger partial charge in [-0.25, -0.2) is 0 Å². The molecule has 0 fully saturated rings. The standard InChI is InChI=1S/C17H20N4/c1-12(17-11-20-21(3)13(17)2)19-10-15-9-18-8-14-6-4-5-7-16(14)15/h4-9,11-12,19H,10H2,1-3H3. The molecule has 4 heteroatoms. The van der Waals surface area contributed by atoms with Crippen molar-refractivity contribution in [2.45, 2.75) is 26.4 Å². The number of aryl methyl sites for hydroxylation is 1. The molecule has 3 aromatic rings. The van der Waals surface area contributed by atoms with Crippen molar-refractivity contribution in [2.75, 3.05) is 0 Å². The lowest BCUT2D eigenvalue weighted by Gasteiger charge is -2.14. The van der Waals surface area contributed by atoms with Gasteiger partial charge in [0.05, 0.1) is 6.20 Å². The number of nitrogens with one attached hydrogen (secondary N) is 1. The quantitative estimate of drug-likeness (QED) is 0.798. The van der Waals surface area contributed by atoms with E-state index in [1.165, 1.54) is 27.6 Å². The van der Waals surface area contributed by atoms with Gasteiger partial charge in [-0.2, -0.15) is 5.10 Å². The molecule has 1 unspecified atom stereocenters. The summed E-state index contributed by atoms with van der Waals surface area (Å²) >= 11 is 0. The van der Waals surface area contributed by atoms with Crippen LogP contribution in [-0.4, -0.2) is 14.8 Å². The van der Waals surface area contributed by atoms with Gasteiger partial charge in [0.15, 0.2) is 0 Å². The molecular weight excluding hydrogens is 260 g/mol. The van der Waals surface area contributed by atoms with E-state index in [4.69, 9.17) is 0 Å². The third-order valence-corrected chi connectivity index (χ3v) is 4.09. The van der Waals surface area contributed by atoms with Gasteiger partial charge in [0, 0.05) is 48.7 Å². The molecule has 1 N–H and O–H groups in total. The first-order chi connectivity index (χ1) is 10.2. The highest BCUT2D eigenvalue weighted by Crippen LogP contribution is 2.20. The zero-order chi connectivity index (χ0) is 14.8. The molecule has 4 nitrogen and oxygen atoms in total. The molecule has 1 aromatic carbocycles. The summed E-state index contributed by atoms with van der Waals surface area (Å²) in [5.41, 5.74) is 3.67. The maximum absolute atomic E-state index is 4.33. The third kappa shape index (κ3) is 2.67. The molecule has 21 heavy (non-hydrogen) atoms. The molecule has 0 aliphatic rings. The minimum atomic E-state index is 0.262. The Bertz CT molecular complexity index is 755. The van der Waals surface area contributed by atoms with Crippen LogP contribution >= 0.6 is 0 Å². The highest BCUT2D eigenvalue weighted by Gasteiger charge is 2.12. The first kappa shape index (κ1) is 13.8. The summed E-state index contributed by atoms with van der Waals surface area (Å²) in [4.78, 5) is 4.33. The van der Waals surface area contributed by atoms with Gasteiger partial charge in [-0.15, -0.1) is 0 Å². The highest BCUT2D eigenvalue weighted by molar-refractivity contribution is 5.84. The molecule has 0 saturated carbocycles. The molecule has 0 bridgehead atoms. The number of rotatable bonds is 4. The lowest BCUT2D eigenvalue weighted by atomic mass is 10.1. The molecule has 0 aliphatic heterocycles. The fraction of sp³-hybridized carbons (Fsp3) is 0.294. The molecular formula is C17H20N4. The molecule has 0 amide bonds. The van der Waals surface area contributed by atoms with Gasteiger partial charge >= 0.3 is 0 Å². The van der Waals surface area contributed by atoms with Gasteiger partial charge in [-0.3, -0.25) is 9.67 Å². The van der Waals surface area contributed by atoms with Crippen molar-refractivity contribution in [3.8, 4) is 0 Å². The van der Waals surface area contributed by atoms with E-state index in [9.17, 15) is 0 Å². The molecule has 1 atom stereocenters. The van der Waals surface area contributed by atoms with Crippen molar-refractivity contribution in [3.63, 3.8) is 0 Å². The Morgan fingerprint density at radius 1 is 1.19 bits per heavy atom. The average molecular weight is 280 g/mol. The van der Waals surface area contributed by atoms with Crippen LogP contribution in [0.4, 0.5) is 0 Å². The van der Waals surface area contributed by atoms with Gasteiger partial charge < -0.3 is 5.32 Å². The fourth-order valence-corrected chi connectivity index (χ4v) is 2.63. The van der Waals surface area contributed by atoms with Gasteiger partial charge in [-0.05, 0) is 24.8 Å². The predicted octanol–water partition coefficient (Wildman–Crippen LogP) is 3.13. The van der Waals surface area contributed by atoms with E-state index in [0.29, 0.717) is 0 Å². The Labute approximate surface area is 124 Å².